The number of aryl methyl sites for hydroxylation is 1. The number of halogens is 1. The number of rotatable bonds is 5. The minimum atomic E-state index is -0.0874. The van der Waals surface area contributed by atoms with Crippen molar-refractivity contribution >= 4 is 34.4 Å². The summed E-state index contributed by atoms with van der Waals surface area (Å²) in [6.07, 6.45) is 0. The van der Waals surface area contributed by atoms with E-state index in [1.165, 1.54) is 0 Å². The first-order valence-corrected chi connectivity index (χ1v) is 11.2. The average molecular weight is 454 g/mol. The molecule has 1 N–H and O–H groups in total. The van der Waals surface area contributed by atoms with E-state index in [-0.39, 0.29) is 17.9 Å². The predicted molar refractivity (Wildman–Crippen MR) is 126 cm³/mol. The molecule has 1 aliphatic heterocycles. The lowest BCUT2D eigenvalue weighted by Gasteiger charge is -2.34. The molecule has 0 spiro atoms. The zero-order valence-corrected chi connectivity index (χ0v) is 19.4. The molecular weight excluding hydrogens is 426 g/mol. The number of hydrogen-bond donors (Lipinski definition) is 1. The Labute approximate surface area is 193 Å². The first-order valence-electron chi connectivity index (χ1n) is 10.8. The van der Waals surface area contributed by atoms with Crippen LogP contribution in [0.4, 0.5) is 0 Å². The van der Waals surface area contributed by atoms with Crippen LogP contribution < -0.4 is 5.32 Å². The van der Waals surface area contributed by atoms with Crippen LogP contribution in [0.25, 0.3) is 11.0 Å². The van der Waals surface area contributed by atoms with Gasteiger partial charge in [-0.2, -0.15) is 0 Å². The molecule has 1 fully saturated rings. The lowest BCUT2D eigenvalue weighted by molar-refractivity contribution is 0.0624. The number of benzene rings is 2. The van der Waals surface area contributed by atoms with Crippen LogP contribution in [0.15, 0.2) is 42.5 Å². The van der Waals surface area contributed by atoms with Gasteiger partial charge in [-0.1, -0.05) is 11.6 Å². The molecule has 32 heavy (non-hydrogen) atoms. The third kappa shape index (κ3) is 4.79. The molecule has 1 aromatic heterocycles. The number of imidazole rings is 1. The van der Waals surface area contributed by atoms with Crippen LogP contribution >= 0.6 is 11.6 Å². The highest BCUT2D eigenvalue weighted by atomic mass is 35.5. The second-order valence-corrected chi connectivity index (χ2v) is 8.93. The van der Waals surface area contributed by atoms with Gasteiger partial charge in [-0.3, -0.25) is 14.5 Å². The van der Waals surface area contributed by atoms with Crippen molar-refractivity contribution < 1.29 is 9.59 Å². The summed E-state index contributed by atoms with van der Waals surface area (Å²) in [7, 11) is 2.00. The second-order valence-electron chi connectivity index (χ2n) is 8.49. The molecular formula is C24H28ClN5O2. The van der Waals surface area contributed by atoms with E-state index in [9.17, 15) is 9.59 Å². The quantitative estimate of drug-likeness (QED) is 0.643. The van der Waals surface area contributed by atoms with Gasteiger partial charge in [0.25, 0.3) is 11.8 Å². The Morgan fingerprint density at radius 2 is 1.69 bits per heavy atom. The molecule has 0 radical (unpaired) electrons. The molecule has 7 nitrogen and oxygen atoms in total. The molecule has 1 aliphatic rings. The normalized spacial score (nSPS) is 14.8. The lowest BCUT2D eigenvalue weighted by atomic mass is 10.2. The first-order chi connectivity index (χ1) is 15.3. The van der Waals surface area contributed by atoms with Crippen LogP contribution in [0, 0.1) is 0 Å². The number of fused-ring (bicyclic) bond motifs is 1. The predicted octanol–water partition coefficient (Wildman–Crippen LogP) is 3.32. The fourth-order valence-electron chi connectivity index (χ4n) is 3.96. The van der Waals surface area contributed by atoms with E-state index in [2.05, 4.69) is 14.8 Å². The summed E-state index contributed by atoms with van der Waals surface area (Å²) in [6, 6.07) is 12.7. The molecule has 2 amide bonds. The first kappa shape index (κ1) is 22.3. The minimum absolute atomic E-state index is 0.0382. The molecule has 0 aliphatic carbocycles. The van der Waals surface area contributed by atoms with Gasteiger partial charge in [0, 0.05) is 55.4 Å². The van der Waals surface area contributed by atoms with Gasteiger partial charge in [-0.05, 0) is 56.3 Å². The Balaban J connectivity index is 1.40. The summed E-state index contributed by atoms with van der Waals surface area (Å²) in [5, 5.41) is 3.54. The van der Waals surface area contributed by atoms with Crippen LogP contribution in [0.5, 0.6) is 0 Å². The van der Waals surface area contributed by atoms with Crippen LogP contribution in [-0.2, 0) is 13.6 Å². The van der Waals surface area contributed by atoms with Crippen molar-refractivity contribution in [3.05, 3.63) is 64.4 Å². The summed E-state index contributed by atoms with van der Waals surface area (Å²) in [5.74, 6) is 0.894. The summed E-state index contributed by atoms with van der Waals surface area (Å²) < 4.78 is 2.07. The van der Waals surface area contributed by atoms with E-state index in [4.69, 9.17) is 16.6 Å². The van der Waals surface area contributed by atoms with E-state index >= 15 is 0 Å². The lowest BCUT2D eigenvalue weighted by Crippen LogP contribution is -2.48. The third-order valence-corrected chi connectivity index (χ3v) is 6.02. The number of amides is 2. The summed E-state index contributed by atoms with van der Waals surface area (Å²) in [4.78, 5) is 34.0. The fraction of sp³-hybridized carbons (Fsp3) is 0.375. The van der Waals surface area contributed by atoms with Crippen LogP contribution in [0.2, 0.25) is 5.02 Å². The van der Waals surface area contributed by atoms with Crippen molar-refractivity contribution in [2.75, 3.05) is 26.2 Å². The molecule has 1 saturated heterocycles. The number of nitrogens with zero attached hydrogens (tertiary/aromatic N) is 4. The van der Waals surface area contributed by atoms with Crippen molar-refractivity contribution in [2.24, 2.45) is 7.05 Å². The van der Waals surface area contributed by atoms with Gasteiger partial charge in [-0.25, -0.2) is 4.98 Å². The van der Waals surface area contributed by atoms with E-state index in [0.717, 1.165) is 29.9 Å². The topological polar surface area (TPSA) is 70.5 Å². The Morgan fingerprint density at radius 3 is 2.34 bits per heavy atom. The van der Waals surface area contributed by atoms with Crippen molar-refractivity contribution in [1.29, 1.82) is 0 Å². The molecule has 2 aromatic carbocycles. The molecule has 2 heterocycles. The van der Waals surface area contributed by atoms with Gasteiger partial charge in [0.15, 0.2) is 0 Å². The standard InChI is InChI=1S/C24H28ClN5O2/c1-16(2)26-23(31)18-6-9-21-20(14-18)27-22(28(21)3)15-29-10-12-30(13-11-29)24(32)17-4-7-19(25)8-5-17/h4-9,14,16H,10-13,15H2,1-3H3,(H,26,31). The van der Waals surface area contributed by atoms with Crippen molar-refractivity contribution in [3.63, 3.8) is 0 Å². The maximum Gasteiger partial charge on any atom is 0.253 e. The number of carbonyl (C=O) groups excluding carboxylic acids is 2. The van der Waals surface area contributed by atoms with E-state index in [1.807, 2.05) is 44.0 Å². The zero-order valence-electron chi connectivity index (χ0n) is 18.6. The average Bonchev–Trinajstić information content (AvgIpc) is 3.08. The van der Waals surface area contributed by atoms with E-state index in [1.54, 1.807) is 24.3 Å². The number of carbonyl (C=O) groups is 2. The summed E-state index contributed by atoms with van der Waals surface area (Å²) in [6.45, 7) is 7.49. The van der Waals surface area contributed by atoms with E-state index in [0.29, 0.717) is 35.8 Å². The molecule has 0 saturated carbocycles. The molecule has 0 bridgehead atoms. The fourth-order valence-corrected chi connectivity index (χ4v) is 4.09. The van der Waals surface area contributed by atoms with Gasteiger partial charge in [0.1, 0.15) is 5.82 Å². The number of piperazine rings is 1. The van der Waals surface area contributed by atoms with Gasteiger partial charge >= 0.3 is 0 Å². The van der Waals surface area contributed by atoms with Crippen molar-refractivity contribution in [1.82, 2.24) is 24.7 Å². The highest BCUT2D eigenvalue weighted by Crippen LogP contribution is 2.19. The van der Waals surface area contributed by atoms with Crippen LogP contribution in [-0.4, -0.2) is 63.4 Å². The van der Waals surface area contributed by atoms with Gasteiger partial charge in [0.2, 0.25) is 0 Å². The van der Waals surface area contributed by atoms with Crippen molar-refractivity contribution in [3.8, 4) is 0 Å². The largest absolute Gasteiger partial charge is 0.350 e. The van der Waals surface area contributed by atoms with Crippen LogP contribution in [0.1, 0.15) is 40.4 Å². The highest BCUT2D eigenvalue weighted by Gasteiger charge is 2.23. The summed E-state index contributed by atoms with van der Waals surface area (Å²) >= 11 is 5.92. The Kier molecular flexibility index (Phi) is 6.48. The molecule has 0 atom stereocenters. The Morgan fingerprint density at radius 1 is 1.03 bits per heavy atom. The maximum atomic E-state index is 12.7. The Hall–Kier alpha value is -2.90. The molecule has 0 unspecified atom stereocenters. The SMILES string of the molecule is CC(C)NC(=O)c1ccc2c(c1)nc(CN1CCN(C(=O)c3ccc(Cl)cc3)CC1)n2C. The van der Waals surface area contributed by atoms with Gasteiger partial charge in [-0.15, -0.1) is 0 Å². The smallest absolute Gasteiger partial charge is 0.253 e. The highest BCUT2D eigenvalue weighted by molar-refractivity contribution is 6.30. The monoisotopic (exact) mass is 453 g/mol. The van der Waals surface area contributed by atoms with Crippen LogP contribution in [0.3, 0.4) is 0 Å². The third-order valence-electron chi connectivity index (χ3n) is 5.77. The number of aromatic nitrogens is 2. The van der Waals surface area contributed by atoms with Crippen molar-refractivity contribution in [2.45, 2.75) is 26.4 Å². The van der Waals surface area contributed by atoms with Gasteiger partial charge < -0.3 is 14.8 Å². The van der Waals surface area contributed by atoms with E-state index < -0.39 is 0 Å². The molecule has 3 aromatic rings. The zero-order chi connectivity index (χ0) is 22.8. The minimum Gasteiger partial charge on any atom is -0.350 e. The van der Waals surface area contributed by atoms with Gasteiger partial charge in [0.05, 0.1) is 17.6 Å². The number of nitrogens with one attached hydrogen (secondary N) is 1. The number of hydrogen-bond acceptors (Lipinski definition) is 4. The summed E-state index contributed by atoms with van der Waals surface area (Å²) in [5.41, 5.74) is 3.09. The Bertz CT molecular complexity index is 1130. The molecule has 4 rings (SSSR count). The molecule has 168 valence electrons. The molecule has 8 heteroatoms. The second kappa shape index (κ2) is 9.30. The maximum absolute atomic E-state index is 12.7.